The molecule has 1 atom stereocenters. The van der Waals surface area contributed by atoms with E-state index in [0.717, 1.165) is 32.4 Å². The molecule has 72 valence electrons. The molecule has 1 aliphatic rings. The summed E-state index contributed by atoms with van der Waals surface area (Å²) < 4.78 is 0. The second-order valence-corrected chi connectivity index (χ2v) is 3.29. The summed E-state index contributed by atoms with van der Waals surface area (Å²) in [5, 5.41) is 6.05. The van der Waals surface area contributed by atoms with Crippen LogP contribution in [-0.4, -0.2) is 25.5 Å². The molecule has 2 N–H and O–H groups in total. The fourth-order valence-electron chi connectivity index (χ4n) is 1.42. The zero-order valence-electron chi connectivity index (χ0n) is 7.81. The topological polar surface area (TPSA) is 41.1 Å². The molecule has 0 bridgehead atoms. The first kappa shape index (κ1) is 10.1. The number of carbonyl (C=O) groups is 1. The number of unbranched alkanes of at least 4 members (excludes halogenated alkanes) is 1. The van der Waals surface area contributed by atoms with E-state index in [0.29, 0.717) is 6.54 Å². The van der Waals surface area contributed by atoms with Gasteiger partial charge in [0.1, 0.15) is 0 Å². The Labute approximate surface area is 79.3 Å². The Balaban J connectivity index is 2.07. The van der Waals surface area contributed by atoms with Gasteiger partial charge in [-0.05, 0) is 19.4 Å². The van der Waals surface area contributed by atoms with Gasteiger partial charge < -0.3 is 10.6 Å². The maximum absolute atomic E-state index is 11.4. The van der Waals surface area contributed by atoms with Crippen LogP contribution in [0.15, 0.2) is 0 Å². The van der Waals surface area contributed by atoms with E-state index in [1.165, 1.54) is 0 Å². The normalized spacial score (nSPS) is 21.0. The van der Waals surface area contributed by atoms with Crippen molar-refractivity contribution < 1.29 is 4.79 Å². The Kier molecular flexibility index (Phi) is 4.34. The maximum atomic E-state index is 11.4. The van der Waals surface area contributed by atoms with E-state index >= 15 is 0 Å². The molecule has 0 saturated carbocycles. The van der Waals surface area contributed by atoms with Crippen molar-refractivity contribution in [2.45, 2.75) is 19.3 Å². The van der Waals surface area contributed by atoms with E-state index < -0.39 is 0 Å². The average Bonchev–Trinajstić information content (AvgIpc) is 2.65. The summed E-state index contributed by atoms with van der Waals surface area (Å²) in [5.41, 5.74) is 0. The van der Waals surface area contributed by atoms with Gasteiger partial charge in [-0.2, -0.15) is 0 Å². The predicted molar refractivity (Wildman–Crippen MR) is 52.1 cm³/mol. The number of carbonyl (C=O) groups excluding carboxylic acids is 1. The molecule has 1 amide bonds. The quantitative estimate of drug-likeness (QED) is 0.477. The monoisotopic (exact) mass is 180 g/mol. The van der Waals surface area contributed by atoms with Crippen LogP contribution in [0.25, 0.3) is 0 Å². The minimum atomic E-state index is 0.169. The Hall–Kier alpha value is -1.01. The van der Waals surface area contributed by atoms with E-state index in [2.05, 4.69) is 16.6 Å². The summed E-state index contributed by atoms with van der Waals surface area (Å²) in [6, 6.07) is 0. The zero-order chi connectivity index (χ0) is 9.52. The van der Waals surface area contributed by atoms with Crippen molar-refractivity contribution in [2.75, 3.05) is 19.6 Å². The highest BCUT2D eigenvalue weighted by molar-refractivity contribution is 5.79. The molecule has 1 fully saturated rings. The number of amides is 1. The predicted octanol–water partition coefficient (Wildman–Crippen LogP) is 0.126. The molecule has 0 spiro atoms. The van der Waals surface area contributed by atoms with Gasteiger partial charge in [0, 0.05) is 19.5 Å². The molecule has 0 aromatic heterocycles. The van der Waals surface area contributed by atoms with E-state index in [1.807, 2.05) is 0 Å². The van der Waals surface area contributed by atoms with E-state index in [9.17, 15) is 4.79 Å². The van der Waals surface area contributed by atoms with Crippen LogP contribution in [0.1, 0.15) is 19.3 Å². The smallest absolute Gasteiger partial charge is 0.224 e. The van der Waals surface area contributed by atoms with Crippen molar-refractivity contribution in [2.24, 2.45) is 5.92 Å². The molecule has 0 aromatic carbocycles. The third-order valence-electron chi connectivity index (χ3n) is 2.23. The summed E-state index contributed by atoms with van der Waals surface area (Å²) in [6.07, 6.45) is 7.67. The Morgan fingerprint density at radius 1 is 1.69 bits per heavy atom. The maximum Gasteiger partial charge on any atom is 0.224 e. The molecule has 13 heavy (non-hydrogen) atoms. The minimum Gasteiger partial charge on any atom is -0.356 e. The lowest BCUT2D eigenvalue weighted by molar-refractivity contribution is -0.124. The number of hydrogen-bond acceptors (Lipinski definition) is 2. The molecule has 3 nitrogen and oxygen atoms in total. The molecular formula is C10H16N2O. The minimum absolute atomic E-state index is 0.169. The van der Waals surface area contributed by atoms with Crippen molar-refractivity contribution >= 4 is 5.91 Å². The lowest BCUT2D eigenvalue weighted by atomic mass is 10.1. The van der Waals surface area contributed by atoms with Crippen LogP contribution in [0.5, 0.6) is 0 Å². The lowest BCUT2D eigenvalue weighted by Gasteiger charge is -2.08. The summed E-state index contributed by atoms with van der Waals surface area (Å²) in [6.45, 7) is 2.49. The van der Waals surface area contributed by atoms with Crippen LogP contribution in [-0.2, 0) is 4.79 Å². The summed E-state index contributed by atoms with van der Waals surface area (Å²) in [7, 11) is 0. The standard InChI is InChI=1S/C10H16N2O/c1-2-3-4-6-12-10(13)9-5-7-11-8-9/h1,9,11H,3-8H2,(H,12,13). The molecule has 1 heterocycles. The average molecular weight is 180 g/mol. The highest BCUT2D eigenvalue weighted by atomic mass is 16.1. The van der Waals surface area contributed by atoms with Gasteiger partial charge in [0.2, 0.25) is 5.91 Å². The van der Waals surface area contributed by atoms with Gasteiger partial charge in [-0.3, -0.25) is 4.79 Å². The van der Waals surface area contributed by atoms with Crippen LogP contribution in [0, 0.1) is 18.3 Å². The van der Waals surface area contributed by atoms with Gasteiger partial charge in [0.15, 0.2) is 0 Å². The van der Waals surface area contributed by atoms with Crippen LogP contribution in [0.3, 0.4) is 0 Å². The van der Waals surface area contributed by atoms with Crippen LogP contribution in [0.4, 0.5) is 0 Å². The third kappa shape index (κ3) is 3.47. The van der Waals surface area contributed by atoms with Gasteiger partial charge >= 0.3 is 0 Å². The first-order valence-electron chi connectivity index (χ1n) is 4.76. The Morgan fingerprint density at radius 2 is 2.54 bits per heavy atom. The third-order valence-corrected chi connectivity index (χ3v) is 2.23. The van der Waals surface area contributed by atoms with Gasteiger partial charge in [-0.15, -0.1) is 12.3 Å². The molecule has 0 aromatic rings. The lowest BCUT2D eigenvalue weighted by Crippen LogP contribution is -2.32. The zero-order valence-corrected chi connectivity index (χ0v) is 7.81. The molecule has 1 rings (SSSR count). The first-order chi connectivity index (χ1) is 6.34. The van der Waals surface area contributed by atoms with Crippen molar-refractivity contribution in [3.05, 3.63) is 0 Å². The van der Waals surface area contributed by atoms with Gasteiger partial charge in [-0.25, -0.2) is 0 Å². The Morgan fingerprint density at radius 3 is 3.15 bits per heavy atom. The highest BCUT2D eigenvalue weighted by Gasteiger charge is 2.21. The van der Waals surface area contributed by atoms with Crippen molar-refractivity contribution in [3.63, 3.8) is 0 Å². The molecule has 0 radical (unpaired) electrons. The van der Waals surface area contributed by atoms with E-state index in [-0.39, 0.29) is 11.8 Å². The molecule has 1 saturated heterocycles. The largest absolute Gasteiger partial charge is 0.356 e. The summed E-state index contributed by atoms with van der Waals surface area (Å²) in [4.78, 5) is 11.4. The number of nitrogens with one attached hydrogen (secondary N) is 2. The van der Waals surface area contributed by atoms with Crippen LogP contribution >= 0.6 is 0 Å². The van der Waals surface area contributed by atoms with Crippen molar-refractivity contribution in [1.29, 1.82) is 0 Å². The molecule has 3 heteroatoms. The highest BCUT2D eigenvalue weighted by Crippen LogP contribution is 2.06. The van der Waals surface area contributed by atoms with Gasteiger partial charge in [0.05, 0.1) is 5.92 Å². The van der Waals surface area contributed by atoms with Crippen LogP contribution < -0.4 is 10.6 Å². The molecular weight excluding hydrogens is 164 g/mol. The fourth-order valence-corrected chi connectivity index (χ4v) is 1.42. The second kappa shape index (κ2) is 5.60. The van der Waals surface area contributed by atoms with Crippen molar-refractivity contribution in [3.8, 4) is 12.3 Å². The number of terminal acetylenes is 1. The first-order valence-corrected chi connectivity index (χ1v) is 4.76. The summed E-state index contributed by atoms with van der Waals surface area (Å²) in [5.74, 6) is 2.89. The SMILES string of the molecule is C#CCCCNC(=O)C1CCNC1. The van der Waals surface area contributed by atoms with Gasteiger partial charge in [-0.1, -0.05) is 0 Å². The number of rotatable bonds is 4. The second-order valence-electron chi connectivity index (χ2n) is 3.29. The Bertz CT molecular complexity index is 201. The van der Waals surface area contributed by atoms with Crippen LogP contribution in [0.2, 0.25) is 0 Å². The molecule has 1 aliphatic heterocycles. The molecule has 1 unspecified atom stereocenters. The van der Waals surface area contributed by atoms with E-state index in [4.69, 9.17) is 6.42 Å². The molecule has 0 aliphatic carbocycles. The number of hydrogen-bond donors (Lipinski definition) is 2. The van der Waals surface area contributed by atoms with E-state index in [1.54, 1.807) is 0 Å². The summed E-state index contributed by atoms with van der Waals surface area (Å²) >= 11 is 0. The van der Waals surface area contributed by atoms with Crippen molar-refractivity contribution in [1.82, 2.24) is 10.6 Å². The fraction of sp³-hybridized carbons (Fsp3) is 0.700. The van der Waals surface area contributed by atoms with Gasteiger partial charge in [0.25, 0.3) is 0 Å².